The van der Waals surface area contributed by atoms with Gasteiger partial charge in [-0.25, -0.2) is 0 Å². The Balaban J connectivity index is 2.04. The van der Waals surface area contributed by atoms with Crippen molar-refractivity contribution in [2.75, 3.05) is 26.2 Å². The molecule has 0 aliphatic carbocycles. The van der Waals surface area contributed by atoms with E-state index in [1.165, 1.54) is 0 Å². The number of hydrogen-bond donors (Lipinski definition) is 3. The Labute approximate surface area is 89.1 Å². The van der Waals surface area contributed by atoms with Gasteiger partial charge in [0.15, 0.2) is 0 Å². The van der Waals surface area contributed by atoms with Gasteiger partial charge in [0.1, 0.15) is 0 Å². The van der Waals surface area contributed by atoms with Gasteiger partial charge in [0.05, 0.1) is 17.6 Å². The van der Waals surface area contributed by atoms with Crippen LogP contribution >= 0.6 is 0 Å². The highest BCUT2D eigenvalue weighted by Gasteiger charge is 2.48. The van der Waals surface area contributed by atoms with Crippen molar-refractivity contribution in [1.29, 1.82) is 0 Å². The maximum atomic E-state index is 10.8. The molecule has 15 heavy (non-hydrogen) atoms. The van der Waals surface area contributed by atoms with E-state index in [-0.39, 0.29) is 12.0 Å². The van der Waals surface area contributed by atoms with E-state index < -0.39 is 11.6 Å². The van der Waals surface area contributed by atoms with Gasteiger partial charge >= 0.3 is 5.97 Å². The van der Waals surface area contributed by atoms with Gasteiger partial charge in [-0.15, -0.1) is 0 Å². The number of nitrogens with zero attached hydrogens (tertiary/aromatic N) is 1. The summed E-state index contributed by atoms with van der Waals surface area (Å²) >= 11 is 0. The number of hydrogen-bond acceptors (Lipinski definition) is 4. The first-order valence-corrected chi connectivity index (χ1v) is 5.34. The Kier molecular flexibility index (Phi) is 2.48. The Bertz CT molecular complexity index is 274. The van der Waals surface area contributed by atoms with Crippen molar-refractivity contribution < 1.29 is 15.0 Å². The molecular formula is C10H18N2O3. The van der Waals surface area contributed by atoms with Gasteiger partial charge in [0.2, 0.25) is 0 Å². The fraction of sp³-hybridized carbons (Fsp3) is 0.900. The Morgan fingerprint density at radius 3 is 2.53 bits per heavy atom. The van der Waals surface area contributed by atoms with Crippen LogP contribution in [0.15, 0.2) is 0 Å². The fourth-order valence-corrected chi connectivity index (χ4v) is 2.51. The number of carboxylic acids is 1. The van der Waals surface area contributed by atoms with Gasteiger partial charge < -0.3 is 15.5 Å². The summed E-state index contributed by atoms with van der Waals surface area (Å²) in [5, 5.41) is 21.9. The molecule has 1 unspecified atom stereocenters. The highest BCUT2D eigenvalue weighted by Crippen LogP contribution is 2.32. The Morgan fingerprint density at radius 1 is 1.53 bits per heavy atom. The maximum Gasteiger partial charge on any atom is 0.305 e. The van der Waals surface area contributed by atoms with Crippen molar-refractivity contribution in [2.45, 2.75) is 30.9 Å². The standard InChI is InChI=1S/C10H18N2O3/c1-9(15)2-3-12(7-9)10(4-8(13)14)5-11-6-10/h11,15H,2-7H2,1H3,(H,13,14). The highest BCUT2D eigenvalue weighted by molar-refractivity contribution is 5.69. The largest absolute Gasteiger partial charge is 0.481 e. The van der Waals surface area contributed by atoms with E-state index in [0.29, 0.717) is 6.54 Å². The molecule has 0 bridgehead atoms. The number of aliphatic carboxylic acids is 1. The molecule has 1 atom stereocenters. The maximum absolute atomic E-state index is 10.8. The van der Waals surface area contributed by atoms with E-state index >= 15 is 0 Å². The molecule has 2 saturated heterocycles. The van der Waals surface area contributed by atoms with Gasteiger partial charge in [-0.3, -0.25) is 9.69 Å². The lowest BCUT2D eigenvalue weighted by atomic mass is 9.86. The van der Waals surface area contributed by atoms with Gasteiger partial charge in [0, 0.05) is 26.2 Å². The van der Waals surface area contributed by atoms with Crippen LogP contribution in [0.3, 0.4) is 0 Å². The van der Waals surface area contributed by atoms with Crippen LogP contribution < -0.4 is 5.32 Å². The molecule has 0 aromatic heterocycles. The third-order valence-corrected chi connectivity index (χ3v) is 3.51. The summed E-state index contributed by atoms with van der Waals surface area (Å²) in [6, 6.07) is 0. The van der Waals surface area contributed by atoms with E-state index in [4.69, 9.17) is 5.11 Å². The van der Waals surface area contributed by atoms with Crippen molar-refractivity contribution >= 4 is 5.97 Å². The molecule has 0 spiro atoms. The van der Waals surface area contributed by atoms with E-state index in [1.54, 1.807) is 0 Å². The Hall–Kier alpha value is -0.650. The zero-order chi connectivity index (χ0) is 11.1. The molecule has 5 nitrogen and oxygen atoms in total. The molecule has 0 aromatic carbocycles. The van der Waals surface area contributed by atoms with Crippen LogP contribution in [0, 0.1) is 0 Å². The van der Waals surface area contributed by atoms with Crippen LogP contribution in [0.25, 0.3) is 0 Å². The molecule has 2 rings (SSSR count). The molecule has 2 aliphatic rings. The van der Waals surface area contributed by atoms with E-state index in [2.05, 4.69) is 10.2 Å². The van der Waals surface area contributed by atoms with E-state index in [9.17, 15) is 9.90 Å². The van der Waals surface area contributed by atoms with Crippen LogP contribution in [-0.4, -0.2) is 58.4 Å². The molecule has 0 radical (unpaired) electrons. The first kappa shape index (κ1) is 10.9. The monoisotopic (exact) mass is 214 g/mol. The predicted octanol–water partition coefficient (Wildman–Crippen LogP) is -0.740. The third-order valence-electron chi connectivity index (χ3n) is 3.51. The molecule has 0 aromatic rings. The summed E-state index contributed by atoms with van der Waals surface area (Å²) in [5.41, 5.74) is -0.909. The van der Waals surface area contributed by atoms with Gasteiger partial charge in [0.25, 0.3) is 0 Å². The average Bonchev–Trinajstić information content (AvgIpc) is 2.38. The van der Waals surface area contributed by atoms with Gasteiger partial charge in [-0.2, -0.15) is 0 Å². The second-order valence-electron chi connectivity index (χ2n) is 5.07. The number of rotatable bonds is 3. The highest BCUT2D eigenvalue weighted by atomic mass is 16.4. The van der Waals surface area contributed by atoms with Crippen molar-refractivity contribution in [3.8, 4) is 0 Å². The molecule has 86 valence electrons. The number of likely N-dealkylation sites (tertiary alicyclic amines) is 1. The summed E-state index contributed by atoms with van der Waals surface area (Å²) < 4.78 is 0. The molecule has 2 fully saturated rings. The van der Waals surface area contributed by atoms with Crippen molar-refractivity contribution in [3.63, 3.8) is 0 Å². The fourth-order valence-electron chi connectivity index (χ4n) is 2.51. The summed E-state index contributed by atoms with van der Waals surface area (Å²) in [6.45, 7) is 4.63. The number of β-amino-alcohol motifs (C(OH)–C–C–N with tert-alkyl or cyclic N) is 1. The molecular weight excluding hydrogens is 196 g/mol. The average molecular weight is 214 g/mol. The van der Waals surface area contributed by atoms with E-state index in [1.807, 2.05) is 6.92 Å². The van der Waals surface area contributed by atoms with Crippen LogP contribution in [0.2, 0.25) is 0 Å². The lowest BCUT2D eigenvalue weighted by molar-refractivity contribution is -0.141. The first-order chi connectivity index (χ1) is 6.94. The third kappa shape index (κ3) is 2.00. The minimum atomic E-state index is -0.761. The Morgan fingerprint density at radius 2 is 2.20 bits per heavy atom. The van der Waals surface area contributed by atoms with Crippen LogP contribution in [0.5, 0.6) is 0 Å². The summed E-state index contributed by atoms with van der Waals surface area (Å²) in [6.07, 6.45) is 0.893. The second kappa shape index (κ2) is 3.43. The zero-order valence-corrected chi connectivity index (χ0v) is 8.99. The van der Waals surface area contributed by atoms with Crippen molar-refractivity contribution in [1.82, 2.24) is 10.2 Å². The normalized spacial score (nSPS) is 35.1. The van der Waals surface area contributed by atoms with Crippen LogP contribution in [0.4, 0.5) is 0 Å². The number of carboxylic acid groups (broad SMARTS) is 1. The van der Waals surface area contributed by atoms with Gasteiger partial charge in [-0.1, -0.05) is 0 Å². The summed E-state index contributed by atoms with van der Waals surface area (Å²) in [4.78, 5) is 12.9. The van der Waals surface area contributed by atoms with Crippen LogP contribution in [0.1, 0.15) is 19.8 Å². The lowest BCUT2D eigenvalue weighted by Gasteiger charge is -2.48. The lowest BCUT2D eigenvalue weighted by Crippen LogP contribution is -2.69. The molecule has 2 aliphatic heterocycles. The molecule has 3 N–H and O–H groups in total. The number of aliphatic hydroxyl groups is 1. The number of carbonyl (C=O) groups is 1. The smallest absolute Gasteiger partial charge is 0.305 e. The quantitative estimate of drug-likeness (QED) is 0.577. The van der Waals surface area contributed by atoms with Crippen molar-refractivity contribution in [2.24, 2.45) is 0 Å². The minimum absolute atomic E-state index is 0.163. The molecule has 2 heterocycles. The summed E-state index contributed by atoms with van der Waals surface area (Å²) in [7, 11) is 0. The zero-order valence-electron chi connectivity index (χ0n) is 8.99. The topological polar surface area (TPSA) is 72.8 Å². The SMILES string of the molecule is CC1(O)CCN(C2(CC(=O)O)CNC2)C1. The molecule has 5 heteroatoms. The minimum Gasteiger partial charge on any atom is -0.481 e. The van der Waals surface area contributed by atoms with Crippen molar-refractivity contribution in [3.05, 3.63) is 0 Å². The van der Waals surface area contributed by atoms with Crippen LogP contribution in [-0.2, 0) is 4.79 Å². The second-order valence-corrected chi connectivity index (χ2v) is 5.07. The van der Waals surface area contributed by atoms with Gasteiger partial charge in [-0.05, 0) is 13.3 Å². The molecule has 0 saturated carbocycles. The summed E-state index contributed by atoms with van der Waals surface area (Å²) in [5.74, 6) is -0.761. The van der Waals surface area contributed by atoms with E-state index in [0.717, 1.165) is 26.1 Å². The molecule has 0 amide bonds. The number of nitrogens with one attached hydrogen (secondary N) is 1. The first-order valence-electron chi connectivity index (χ1n) is 5.34. The predicted molar refractivity (Wildman–Crippen MR) is 54.7 cm³/mol.